The summed E-state index contributed by atoms with van der Waals surface area (Å²) in [6.45, 7) is 3.67. The van der Waals surface area contributed by atoms with Crippen LogP contribution in [-0.2, 0) is 24.3 Å². The van der Waals surface area contributed by atoms with Crippen LogP contribution in [0.25, 0.3) is 0 Å². The van der Waals surface area contributed by atoms with Gasteiger partial charge < -0.3 is 14.8 Å². The van der Waals surface area contributed by atoms with Crippen LogP contribution in [0.2, 0.25) is 15.1 Å². The lowest BCUT2D eigenvalue weighted by atomic mass is 9.78. The van der Waals surface area contributed by atoms with Gasteiger partial charge in [-0.1, -0.05) is 65.1 Å². The number of carbonyl (C=O) groups is 1. The van der Waals surface area contributed by atoms with E-state index in [2.05, 4.69) is 40.5 Å². The smallest absolute Gasteiger partial charge is 0.246 e. The standard InChI is InChI=1S/C29H36Cl3N3O5S/c30-22-16-25(31)29(26(32)17-22)41(37,38)35-11-10-24(18-35)40-19-27(36)33-23-8-6-21(7-9-23)28(20-4-2-1-3-5-20)34-12-14-39-15-13-34/h1-5,16-17,21,23-24,28H,6-15,18-19H2,(H,33,36). The van der Waals surface area contributed by atoms with Crippen molar-refractivity contribution in [3.8, 4) is 0 Å². The molecular formula is C29H36Cl3N3O5S. The maximum Gasteiger partial charge on any atom is 0.246 e. The van der Waals surface area contributed by atoms with Gasteiger partial charge in [-0.25, -0.2) is 8.42 Å². The Morgan fingerprint density at radius 2 is 1.63 bits per heavy atom. The van der Waals surface area contributed by atoms with Crippen LogP contribution in [0.15, 0.2) is 47.4 Å². The molecule has 2 aromatic rings. The highest BCUT2D eigenvalue weighted by molar-refractivity contribution is 7.89. The van der Waals surface area contributed by atoms with Crippen LogP contribution in [0.3, 0.4) is 0 Å². The van der Waals surface area contributed by atoms with Gasteiger partial charge in [0.15, 0.2) is 0 Å². The molecule has 2 saturated heterocycles. The van der Waals surface area contributed by atoms with Crippen molar-refractivity contribution < 1.29 is 22.7 Å². The number of sulfonamides is 1. The number of carbonyl (C=O) groups excluding carboxylic acids is 1. The molecule has 41 heavy (non-hydrogen) atoms. The molecule has 3 aliphatic rings. The number of hydrogen-bond acceptors (Lipinski definition) is 6. The Labute approximate surface area is 257 Å². The minimum absolute atomic E-state index is 0.0269. The first-order valence-electron chi connectivity index (χ1n) is 14.1. The summed E-state index contributed by atoms with van der Waals surface area (Å²) in [4.78, 5) is 15.1. The summed E-state index contributed by atoms with van der Waals surface area (Å²) in [7, 11) is -3.93. The Morgan fingerprint density at radius 3 is 2.29 bits per heavy atom. The summed E-state index contributed by atoms with van der Waals surface area (Å²) in [6, 6.07) is 13.9. The van der Waals surface area contributed by atoms with E-state index in [1.165, 1.54) is 22.0 Å². The number of benzene rings is 2. The Balaban J connectivity index is 1.09. The summed E-state index contributed by atoms with van der Waals surface area (Å²) in [5.41, 5.74) is 1.35. The van der Waals surface area contributed by atoms with Crippen LogP contribution in [0.1, 0.15) is 43.7 Å². The van der Waals surface area contributed by atoms with Gasteiger partial charge in [0.2, 0.25) is 15.9 Å². The van der Waals surface area contributed by atoms with Crippen molar-refractivity contribution in [1.29, 1.82) is 0 Å². The molecule has 2 heterocycles. The Hall–Kier alpha value is -1.43. The van der Waals surface area contributed by atoms with Gasteiger partial charge in [0.1, 0.15) is 11.5 Å². The number of nitrogens with zero attached hydrogens (tertiary/aromatic N) is 2. The van der Waals surface area contributed by atoms with E-state index in [0.717, 1.165) is 52.0 Å². The van der Waals surface area contributed by atoms with E-state index >= 15 is 0 Å². The predicted octanol–water partition coefficient (Wildman–Crippen LogP) is 5.17. The number of halogens is 3. The molecule has 2 unspecified atom stereocenters. The third-order valence-electron chi connectivity index (χ3n) is 8.28. The molecule has 2 aliphatic heterocycles. The second-order valence-corrected chi connectivity index (χ2v) is 14.1. The fourth-order valence-corrected chi connectivity index (χ4v) is 9.26. The highest BCUT2D eigenvalue weighted by Gasteiger charge is 2.37. The summed E-state index contributed by atoms with van der Waals surface area (Å²) in [6.07, 6.45) is 3.99. The monoisotopic (exact) mass is 643 g/mol. The molecule has 5 rings (SSSR count). The van der Waals surface area contributed by atoms with Crippen LogP contribution in [0.4, 0.5) is 0 Å². The number of nitrogens with one attached hydrogen (secondary N) is 1. The Bertz CT molecular complexity index is 1280. The largest absolute Gasteiger partial charge is 0.379 e. The summed E-state index contributed by atoms with van der Waals surface area (Å²) >= 11 is 18.3. The lowest BCUT2D eigenvalue weighted by Gasteiger charge is -2.42. The zero-order chi connectivity index (χ0) is 29.0. The van der Waals surface area contributed by atoms with E-state index in [-0.39, 0.29) is 51.6 Å². The second kappa shape index (κ2) is 13.9. The predicted molar refractivity (Wildman–Crippen MR) is 160 cm³/mol. The van der Waals surface area contributed by atoms with Gasteiger partial charge in [0.05, 0.1) is 29.4 Å². The van der Waals surface area contributed by atoms with Crippen LogP contribution in [0, 0.1) is 5.92 Å². The van der Waals surface area contributed by atoms with Crippen molar-refractivity contribution >= 4 is 50.7 Å². The lowest BCUT2D eigenvalue weighted by Crippen LogP contribution is -2.45. The van der Waals surface area contributed by atoms with E-state index in [1.54, 1.807) is 0 Å². The number of amides is 1. The van der Waals surface area contributed by atoms with E-state index in [0.29, 0.717) is 18.4 Å². The summed E-state index contributed by atoms with van der Waals surface area (Å²) in [5.74, 6) is 0.348. The lowest BCUT2D eigenvalue weighted by molar-refractivity contribution is -0.128. The first kappa shape index (κ1) is 31.0. The Morgan fingerprint density at radius 1 is 0.976 bits per heavy atom. The second-order valence-electron chi connectivity index (χ2n) is 11.0. The SMILES string of the molecule is O=C(COC1CCN(S(=O)(=O)c2c(Cl)cc(Cl)cc2Cl)C1)NC1CCC(C(c2ccccc2)N2CCOCC2)CC1. The normalized spacial score (nSPS) is 25.2. The zero-order valence-electron chi connectivity index (χ0n) is 22.8. The molecule has 224 valence electrons. The molecule has 1 amide bonds. The summed E-state index contributed by atoms with van der Waals surface area (Å²) in [5, 5.41) is 3.34. The fourth-order valence-electron chi connectivity index (χ4n) is 6.29. The molecule has 8 nitrogen and oxygen atoms in total. The maximum absolute atomic E-state index is 13.2. The van der Waals surface area contributed by atoms with Gasteiger partial charge in [-0.2, -0.15) is 4.31 Å². The fraction of sp³-hybridized carbons (Fsp3) is 0.552. The van der Waals surface area contributed by atoms with Crippen molar-refractivity contribution in [1.82, 2.24) is 14.5 Å². The minimum Gasteiger partial charge on any atom is -0.379 e. The van der Waals surface area contributed by atoms with Crippen LogP contribution >= 0.6 is 34.8 Å². The minimum atomic E-state index is -3.93. The highest BCUT2D eigenvalue weighted by Crippen LogP contribution is 2.39. The van der Waals surface area contributed by atoms with Gasteiger partial charge in [-0.15, -0.1) is 0 Å². The average Bonchev–Trinajstić information content (AvgIpc) is 3.44. The van der Waals surface area contributed by atoms with Gasteiger partial charge in [-0.05, 0) is 55.7 Å². The van der Waals surface area contributed by atoms with Crippen molar-refractivity contribution in [2.75, 3.05) is 46.0 Å². The van der Waals surface area contributed by atoms with Crippen molar-refractivity contribution in [3.63, 3.8) is 0 Å². The average molecular weight is 645 g/mol. The number of hydrogen-bond donors (Lipinski definition) is 1. The van der Waals surface area contributed by atoms with Crippen molar-refractivity contribution in [2.45, 2.75) is 55.2 Å². The topological polar surface area (TPSA) is 88.2 Å². The van der Waals surface area contributed by atoms with Crippen molar-refractivity contribution in [2.24, 2.45) is 5.92 Å². The molecular weight excluding hydrogens is 609 g/mol. The molecule has 2 atom stereocenters. The first-order chi connectivity index (χ1) is 19.7. The number of ether oxygens (including phenoxy) is 2. The quantitative estimate of drug-likeness (QED) is 0.405. The molecule has 2 aromatic carbocycles. The van der Waals surface area contributed by atoms with E-state index in [4.69, 9.17) is 44.3 Å². The molecule has 1 N–H and O–H groups in total. The van der Waals surface area contributed by atoms with E-state index < -0.39 is 16.1 Å². The Kier molecular flexibility index (Phi) is 10.5. The van der Waals surface area contributed by atoms with E-state index in [9.17, 15) is 13.2 Å². The van der Waals surface area contributed by atoms with Gasteiger partial charge in [0.25, 0.3) is 0 Å². The maximum atomic E-state index is 13.2. The van der Waals surface area contributed by atoms with E-state index in [1.807, 2.05) is 0 Å². The van der Waals surface area contributed by atoms with Gasteiger partial charge in [0, 0.05) is 43.3 Å². The first-order valence-corrected chi connectivity index (χ1v) is 16.7. The van der Waals surface area contributed by atoms with Crippen LogP contribution in [0.5, 0.6) is 0 Å². The van der Waals surface area contributed by atoms with Crippen LogP contribution < -0.4 is 5.32 Å². The molecule has 3 fully saturated rings. The van der Waals surface area contributed by atoms with Gasteiger partial charge in [-0.3, -0.25) is 9.69 Å². The molecule has 0 spiro atoms. The number of rotatable bonds is 9. The molecule has 0 radical (unpaired) electrons. The van der Waals surface area contributed by atoms with Gasteiger partial charge >= 0.3 is 0 Å². The third kappa shape index (κ3) is 7.57. The number of morpholine rings is 1. The third-order valence-corrected chi connectivity index (χ3v) is 11.3. The molecule has 12 heteroatoms. The summed E-state index contributed by atoms with van der Waals surface area (Å²) < 4.78 is 39.0. The molecule has 0 aromatic heterocycles. The molecule has 0 bridgehead atoms. The van der Waals surface area contributed by atoms with Crippen molar-refractivity contribution in [3.05, 3.63) is 63.1 Å². The van der Waals surface area contributed by atoms with Crippen LogP contribution in [-0.4, -0.2) is 81.7 Å². The highest BCUT2D eigenvalue weighted by atomic mass is 35.5. The molecule has 1 saturated carbocycles. The molecule has 1 aliphatic carbocycles. The zero-order valence-corrected chi connectivity index (χ0v) is 25.9.